The second-order valence-electron chi connectivity index (χ2n) is 7.30. The van der Waals surface area contributed by atoms with Crippen LogP contribution in [0.3, 0.4) is 0 Å². The van der Waals surface area contributed by atoms with E-state index in [1.165, 1.54) is 6.92 Å². The zero-order chi connectivity index (χ0) is 19.9. The fourth-order valence-electron chi connectivity index (χ4n) is 3.87. The van der Waals surface area contributed by atoms with Gasteiger partial charge >= 0.3 is 5.97 Å². The first kappa shape index (κ1) is 21.2. The van der Waals surface area contributed by atoms with Gasteiger partial charge in [0.2, 0.25) is 0 Å². The lowest BCUT2D eigenvalue weighted by Crippen LogP contribution is -2.49. The highest BCUT2D eigenvalue weighted by Gasteiger charge is 2.59. The number of unbranched alkanes of at least 4 members (excludes halogenated alkanes) is 4. The Balaban J connectivity index is 2.30. The summed E-state index contributed by atoms with van der Waals surface area (Å²) in [5.41, 5.74) is -0.765. The fourth-order valence-corrected chi connectivity index (χ4v) is 3.87. The number of ether oxygens (including phenoxy) is 1. The average molecular weight is 374 g/mol. The monoisotopic (exact) mass is 374 g/mol. The van der Waals surface area contributed by atoms with Crippen LogP contribution in [0.15, 0.2) is 42.2 Å². The molecule has 1 aromatic rings. The first-order valence-electron chi connectivity index (χ1n) is 9.74. The molecule has 3 unspecified atom stereocenters. The minimum atomic E-state index is -1.57. The summed E-state index contributed by atoms with van der Waals surface area (Å²) >= 11 is 0. The van der Waals surface area contributed by atoms with Gasteiger partial charge in [-0.05, 0) is 24.5 Å². The van der Waals surface area contributed by atoms with Gasteiger partial charge in [-0.2, -0.15) is 0 Å². The van der Waals surface area contributed by atoms with Gasteiger partial charge in [0, 0.05) is 19.8 Å². The number of allylic oxidation sites excluding steroid dienone is 1. The van der Waals surface area contributed by atoms with E-state index in [1.807, 2.05) is 30.3 Å². The molecule has 5 nitrogen and oxygen atoms in total. The first-order valence-corrected chi connectivity index (χ1v) is 9.74. The third-order valence-corrected chi connectivity index (χ3v) is 5.12. The molecule has 1 saturated carbocycles. The molecule has 1 aliphatic rings. The number of aliphatic hydroxyl groups excluding tert-OH is 2. The standard InChI is InChI=1S/C22H30O5/c1-3-4-5-6-10-13-18(24)21-19(25)14-20(26)22(21,27-16(2)23)15-17-11-8-7-9-12-17/h7-9,11-13,19,21,24-25H,3-6,10,14-15H2,1-2H3/b18-13-. The number of rotatable bonds is 9. The van der Waals surface area contributed by atoms with E-state index in [1.54, 1.807) is 6.08 Å². The van der Waals surface area contributed by atoms with Gasteiger partial charge in [0.25, 0.3) is 0 Å². The van der Waals surface area contributed by atoms with Crippen molar-refractivity contribution in [1.82, 2.24) is 0 Å². The van der Waals surface area contributed by atoms with Crippen LogP contribution < -0.4 is 0 Å². The Morgan fingerprint density at radius 1 is 1.26 bits per heavy atom. The number of carbonyl (C=O) groups excluding carboxylic acids is 2. The molecule has 5 heteroatoms. The lowest BCUT2D eigenvalue weighted by atomic mass is 9.81. The molecule has 0 radical (unpaired) electrons. The molecule has 0 aliphatic heterocycles. The molecule has 0 amide bonds. The minimum absolute atomic E-state index is 0.0676. The summed E-state index contributed by atoms with van der Waals surface area (Å²) in [5, 5.41) is 21.2. The van der Waals surface area contributed by atoms with Gasteiger partial charge in [-0.15, -0.1) is 0 Å². The summed E-state index contributed by atoms with van der Waals surface area (Å²) in [6.07, 6.45) is 5.46. The topological polar surface area (TPSA) is 83.8 Å². The van der Waals surface area contributed by atoms with Crippen LogP contribution in [0.25, 0.3) is 0 Å². The van der Waals surface area contributed by atoms with E-state index in [0.717, 1.165) is 31.2 Å². The third-order valence-electron chi connectivity index (χ3n) is 5.12. The third kappa shape index (κ3) is 5.19. The highest BCUT2D eigenvalue weighted by molar-refractivity contribution is 5.93. The van der Waals surface area contributed by atoms with Crippen LogP contribution in [0.2, 0.25) is 0 Å². The molecule has 1 aromatic carbocycles. The van der Waals surface area contributed by atoms with Crippen molar-refractivity contribution in [1.29, 1.82) is 0 Å². The van der Waals surface area contributed by atoms with Crippen molar-refractivity contribution in [2.45, 2.75) is 70.5 Å². The predicted octanol–water partition coefficient (Wildman–Crippen LogP) is 3.89. The Bertz CT molecular complexity index is 667. The van der Waals surface area contributed by atoms with Crippen LogP contribution in [0.1, 0.15) is 57.9 Å². The predicted molar refractivity (Wildman–Crippen MR) is 103 cm³/mol. The fraction of sp³-hybridized carbons (Fsp3) is 0.545. The highest BCUT2D eigenvalue weighted by atomic mass is 16.6. The summed E-state index contributed by atoms with van der Waals surface area (Å²) < 4.78 is 5.51. The maximum absolute atomic E-state index is 12.8. The van der Waals surface area contributed by atoms with E-state index in [2.05, 4.69) is 6.92 Å². The van der Waals surface area contributed by atoms with Crippen LogP contribution in [-0.4, -0.2) is 33.7 Å². The summed E-state index contributed by atoms with van der Waals surface area (Å²) in [6.45, 7) is 3.37. The molecule has 1 aliphatic carbocycles. The molecule has 3 atom stereocenters. The zero-order valence-electron chi connectivity index (χ0n) is 16.2. The van der Waals surface area contributed by atoms with E-state index in [-0.39, 0.29) is 24.4 Å². The summed E-state index contributed by atoms with van der Waals surface area (Å²) in [4.78, 5) is 24.6. The van der Waals surface area contributed by atoms with Gasteiger partial charge in [0.05, 0.1) is 17.8 Å². The number of hydrogen-bond acceptors (Lipinski definition) is 5. The van der Waals surface area contributed by atoms with E-state index in [4.69, 9.17) is 4.74 Å². The van der Waals surface area contributed by atoms with Gasteiger partial charge in [-0.25, -0.2) is 0 Å². The maximum atomic E-state index is 12.8. The minimum Gasteiger partial charge on any atom is -0.512 e. The summed E-state index contributed by atoms with van der Waals surface area (Å²) in [7, 11) is 0. The van der Waals surface area contributed by atoms with Crippen LogP contribution in [0, 0.1) is 5.92 Å². The number of hydrogen-bond donors (Lipinski definition) is 2. The zero-order valence-corrected chi connectivity index (χ0v) is 16.2. The summed E-state index contributed by atoms with van der Waals surface area (Å²) in [5.74, 6) is -1.97. The van der Waals surface area contributed by atoms with E-state index in [9.17, 15) is 19.8 Å². The number of ketones is 1. The quantitative estimate of drug-likeness (QED) is 0.389. The lowest BCUT2D eigenvalue weighted by molar-refractivity contribution is -0.168. The SMILES string of the molecule is CCCCCC/C=C(\O)C1C(O)CC(=O)C1(Cc1ccccc1)OC(C)=O. The molecule has 0 bridgehead atoms. The summed E-state index contributed by atoms with van der Waals surface area (Å²) in [6, 6.07) is 9.21. The molecule has 1 fully saturated rings. The molecule has 148 valence electrons. The Hall–Kier alpha value is -2.14. The molecular weight excluding hydrogens is 344 g/mol. The molecular formula is C22H30O5. The normalized spacial score (nSPS) is 25.6. The van der Waals surface area contributed by atoms with Gasteiger partial charge in [0.1, 0.15) is 0 Å². The molecule has 0 saturated heterocycles. The van der Waals surface area contributed by atoms with Crippen molar-refractivity contribution in [3.63, 3.8) is 0 Å². The molecule has 0 aromatic heterocycles. The van der Waals surface area contributed by atoms with Gasteiger partial charge in [-0.3, -0.25) is 9.59 Å². The smallest absolute Gasteiger partial charge is 0.303 e. The van der Waals surface area contributed by atoms with E-state index in [0.29, 0.717) is 6.42 Å². The van der Waals surface area contributed by atoms with Crippen molar-refractivity contribution >= 4 is 11.8 Å². The van der Waals surface area contributed by atoms with Crippen molar-refractivity contribution in [3.05, 3.63) is 47.7 Å². The maximum Gasteiger partial charge on any atom is 0.303 e. The molecule has 0 heterocycles. The molecule has 2 rings (SSSR count). The van der Waals surface area contributed by atoms with Gasteiger partial charge < -0.3 is 14.9 Å². The number of esters is 1. The van der Waals surface area contributed by atoms with Crippen molar-refractivity contribution < 1.29 is 24.5 Å². The van der Waals surface area contributed by atoms with Crippen LogP contribution in [0.4, 0.5) is 0 Å². The Labute approximate surface area is 161 Å². The highest BCUT2D eigenvalue weighted by Crippen LogP contribution is 2.42. The second-order valence-corrected chi connectivity index (χ2v) is 7.30. The Morgan fingerprint density at radius 2 is 1.96 bits per heavy atom. The van der Waals surface area contributed by atoms with Crippen LogP contribution in [-0.2, 0) is 20.7 Å². The number of carbonyl (C=O) groups is 2. The van der Waals surface area contributed by atoms with Crippen molar-refractivity contribution in [2.75, 3.05) is 0 Å². The number of benzene rings is 1. The lowest BCUT2D eigenvalue weighted by Gasteiger charge is -2.34. The van der Waals surface area contributed by atoms with Crippen molar-refractivity contribution in [3.8, 4) is 0 Å². The molecule has 0 spiro atoms. The van der Waals surface area contributed by atoms with Gasteiger partial charge in [-0.1, -0.05) is 56.5 Å². The Morgan fingerprint density at radius 3 is 2.59 bits per heavy atom. The van der Waals surface area contributed by atoms with Gasteiger partial charge in [0.15, 0.2) is 11.4 Å². The molecule has 27 heavy (non-hydrogen) atoms. The first-order chi connectivity index (χ1) is 12.9. The average Bonchev–Trinajstić information content (AvgIpc) is 2.84. The van der Waals surface area contributed by atoms with Crippen LogP contribution in [0.5, 0.6) is 0 Å². The van der Waals surface area contributed by atoms with E-state index >= 15 is 0 Å². The number of aliphatic hydroxyl groups is 2. The second kappa shape index (κ2) is 9.70. The van der Waals surface area contributed by atoms with E-state index < -0.39 is 23.6 Å². The number of Topliss-reactive ketones (excluding diaryl/α,β-unsaturated/α-hetero) is 1. The van der Waals surface area contributed by atoms with Crippen molar-refractivity contribution in [2.24, 2.45) is 5.92 Å². The Kier molecular flexibility index (Phi) is 7.60. The van der Waals surface area contributed by atoms with Crippen LogP contribution >= 0.6 is 0 Å². The molecule has 2 N–H and O–H groups in total. The largest absolute Gasteiger partial charge is 0.512 e.